The fourth-order valence-electron chi connectivity index (χ4n) is 1.60. The topological polar surface area (TPSA) is 72.6 Å². The molecule has 0 saturated carbocycles. The van der Waals surface area contributed by atoms with E-state index in [4.69, 9.17) is 11.8 Å². The largest absolute Gasteiger partial charge is 0.343 e. The Morgan fingerprint density at radius 1 is 1.41 bits per heavy atom. The van der Waals surface area contributed by atoms with Gasteiger partial charge < -0.3 is 4.89 Å². The van der Waals surface area contributed by atoms with Crippen LogP contribution in [0.3, 0.4) is 0 Å². The Hall–Kier alpha value is -0.970. The molecule has 0 fully saturated rings. The molecule has 0 aliphatic rings. The second-order valence-electron chi connectivity index (χ2n) is 3.49. The van der Waals surface area contributed by atoms with Crippen molar-refractivity contribution in [1.82, 2.24) is 0 Å². The molecule has 0 radical (unpaired) electrons. The van der Waals surface area contributed by atoms with Crippen molar-refractivity contribution in [2.24, 2.45) is 0 Å². The van der Waals surface area contributed by atoms with Gasteiger partial charge in [0.15, 0.2) is 0 Å². The SMILES string of the molecule is CCc1ccc(P(O)(=S)O[N+](=O)[O-])cc1CC. The van der Waals surface area contributed by atoms with E-state index in [1.54, 1.807) is 12.1 Å². The van der Waals surface area contributed by atoms with E-state index < -0.39 is 11.6 Å². The summed E-state index contributed by atoms with van der Waals surface area (Å²) in [5, 5.41) is 9.53. The van der Waals surface area contributed by atoms with Crippen LogP contribution in [0.15, 0.2) is 18.2 Å². The molecule has 0 heterocycles. The van der Waals surface area contributed by atoms with Gasteiger partial charge in [-0.2, -0.15) is 0 Å². The average Bonchev–Trinajstić information content (AvgIpc) is 2.26. The Kier molecular flexibility index (Phi) is 4.62. The van der Waals surface area contributed by atoms with Crippen LogP contribution in [0.2, 0.25) is 0 Å². The number of rotatable bonds is 5. The molecule has 1 unspecified atom stereocenters. The molecular weight excluding hydrogens is 261 g/mol. The lowest BCUT2D eigenvalue weighted by atomic mass is 10.0. The zero-order valence-corrected chi connectivity index (χ0v) is 11.3. The highest BCUT2D eigenvalue weighted by Gasteiger charge is 2.22. The van der Waals surface area contributed by atoms with Gasteiger partial charge in [-0.15, -0.1) is 10.1 Å². The monoisotopic (exact) mass is 275 g/mol. The molecule has 0 spiro atoms. The first-order valence-corrected chi connectivity index (χ1v) is 7.87. The van der Waals surface area contributed by atoms with E-state index in [1.165, 1.54) is 0 Å². The summed E-state index contributed by atoms with van der Waals surface area (Å²) in [6.45, 7) is 0.467. The van der Waals surface area contributed by atoms with Crippen molar-refractivity contribution in [2.75, 3.05) is 0 Å². The van der Waals surface area contributed by atoms with Crippen LogP contribution in [-0.4, -0.2) is 9.98 Å². The lowest BCUT2D eigenvalue weighted by Gasteiger charge is -2.15. The maximum Gasteiger partial charge on any atom is 0.301 e. The predicted octanol–water partition coefficient (Wildman–Crippen LogP) is 1.95. The van der Waals surface area contributed by atoms with Crippen molar-refractivity contribution in [2.45, 2.75) is 26.7 Å². The minimum atomic E-state index is -3.54. The lowest BCUT2D eigenvalue weighted by Crippen LogP contribution is -2.12. The predicted molar refractivity (Wildman–Crippen MR) is 69.4 cm³/mol. The zero-order valence-electron chi connectivity index (χ0n) is 9.62. The Morgan fingerprint density at radius 3 is 2.47 bits per heavy atom. The third-order valence-corrected chi connectivity index (χ3v) is 4.57. The normalized spacial score (nSPS) is 14.1. The number of benzene rings is 1. The zero-order chi connectivity index (χ0) is 13.1. The number of nitrogens with zero attached hydrogens (tertiary/aromatic N) is 1. The molecule has 1 aromatic rings. The van der Waals surface area contributed by atoms with E-state index >= 15 is 0 Å². The highest BCUT2D eigenvalue weighted by molar-refractivity contribution is 8.12. The summed E-state index contributed by atoms with van der Waals surface area (Å²) in [4.78, 5) is 20.1. The number of aryl methyl sites for hydroxylation is 2. The molecule has 7 heteroatoms. The van der Waals surface area contributed by atoms with Crippen molar-refractivity contribution in [3.05, 3.63) is 39.4 Å². The molecule has 1 aromatic carbocycles. The van der Waals surface area contributed by atoms with Crippen molar-refractivity contribution in [3.63, 3.8) is 0 Å². The highest BCUT2D eigenvalue weighted by atomic mass is 32.5. The first-order chi connectivity index (χ1) is 7.90. The second-order valence-corrected chi connectivity index (χ2v) is 6.69. The van der Waals surface area contributed by atoms with Gasteiger partial charge in [0.05, 0.1) is 0 Å². The molecule has 0 aromatic heterocycles. The Bertz CT molecular complexity index is 477. The molecule has 0 aliphatic carbocycles. The summed E-state index contributed by atoms with van der Waals surface area (Å²) in [6, 6.07) is 5.13. The maximum absolute atomic E-state index is 10.3. The molecule has 94 valence electrons. The summed E-state index contributed by atoms with van der Waals surface area (Å²) in [7, 11) is 0. The number of hydrogen-bond donors (Lipinski definition) is 1. The fraction of sp³-hybridized carbons (Fsp3) is 0.400. The van der Waals surface area contributed by atoms with E-state index in [0.29, 0.717) is 5.30 Å². The van der Waals surface area contributed by atoms with Crippen LogP contribution < -0.4 is 5.30 Å². The first-order valence-electron chi connectivity index (χ1n) is 5.20. The van der Waals surface area contributed by atoms with Crippen molar-refractivity contribution in [3.8, 4) is 0 Å². The maximum atomic E-state index is 10.3. The highest BCUT2D eigenvalue weighted by Crippen LogP contribution is 2.41. The van der Waals surface area contributed by atoms with Crippen LogP contribution >= 0.6 is 6.49 Å². The van der Waals surface area contributed by atoms with Gasteiger partial charge in [0.2, 0.25) is 0 Å². The standard InChI is InChI=1S/C10H14NO4PS/c1-3-8-5-6-10(7-9(8)4-2)16(14,17)15-11(12)13/h5-7H,3-4H2,1-2H3,(H,14,17). The van der Waals surface area contributed by atoms with Crippen molar-refractivity contribution >= 4 is 23.6 Å². The van der Waals surface area contributed by atoms with Gasteiger partial charge in [0.25, 0.3) is 6.49 Å². The smallest absolute Gasteiger partial charge is 0.301 e. The third kappa shape index (κ3) is 3.49. The molecule has 0 bridgehead atoms. The van der Waals surface area contributed by atoms with Crippen molar-refractivity contribution < 1.29 is 14.6 Å². The summed E-state index contributed by atoms with van der Waals surface area (Å²) in [5.74, 6) is 0. The molecule has 1 atom stereocenters. The third-order valence-electron chi connectivity index (χ3n) is 2.46. The Labute approximate surface area is 105 Å². The lowest BCUT2D eigenvalue weighted by molar-refractivity contribution is -0.713. The van der Waals surface area contributed by atoms with Crippen LogP contribution in [0.5, 0.6) is 0 Å². The van der Waals surface area contributed by atoms with E-state index in [-0.39, 0.29) is 0 Å². The molecule has 5 nitrogen and oxygen atoms in total. The molecule has 0 amide bonds. The van der Waals surface area contributed by atoms with Gasteiger partial charge in [-0.05, 0) is 47.9 Å². The van der Waals surface area contributed by atoms with E-state index in [9.17, 15) is 15.0 Å². The van der Waals surface area contributed by atoms with Gasteiger partial charge >= 0.3 is 5.09 Å². The molecule has 17 heavy (non-hydrogen) atoms. The molecule has 0 aliphatic heterocycles. The number of hydrogen-bond acceptors (Lipinski definition) is 4. The Balaban J connectivity index is 3.15. The first kappa shape index (κ1) is 14.1. The molecule has 1 rings (SSSR count). The second kappa shape index (κ2) is 5.58. The van der Waals surface area contributed by atoms with E-state index in [0.717, 1.165) is 24.0 Å². The van der Waals surface area contributed by atoms with Crippen molar-refractivity contribution in [1.29, 1.82) is 0 Å². The Morgan fingerprint density at radius 2 is 2.00 bits per heavy atom. The molecule has 1 N–H and O–H groups in total. The molecular formula is C10H14NO4PS. The fourth-order valence-corrected chi connectivity index (χ4v) is 2.96. The van der Waals surface area contributed by atoms with Crippen LogP contribution in [-0.2, 0) is 29.3 Å². The van der Waals surface area contributed by atoms with Gasteiger partial charge in [-0.25, -0.2) is 0 Å². The van der Waals surface area contributed by atoms with Gasteiger partial charge in [0.1, 0.15) is 0 Å². The minimum Gasteiger partial charge on any atom is -0.343 e. The van der Waals surface area contributed by atoms with Crippen LogP contribution in [0.25, 0.3) is 0 Å². The molecule has 0 saturated heterocycles. The average molecular weight is 275 g/mol. The van der Waals surface area contributed by atoms with Gasteiger partial charge in [-0.1, -0.05) is 19.9 Å². The van der Waals surface area contributed by atoms with Crippen LogP contribution in [0.1, 0.15) is 25.0 Å². The quantitative estimate of drug-likeness (QED) is 0.505. The summed E-state index contributed by atoms with van der Waals surface area (Å²) >= 11 is 4.78. The summed E-state index contributed by atoms with van der Waals surface area (Å²) in [6.07, 6.45) is 1.65. The van der Waals surface area contributed by atoms with Crippen LogP contribution in [0.4, 0.5) is 0 Å². The van der Waals surface area contributed by atoms with Gasteiger partial charge in [0, 0.05) is 5.30 Å². The van der Waals surface area contributed by atoms with Crippen LogP contribution in [0, 0.1) is 10.1 Å². The minimum absolute atomic E-state index is 0.318. The summed E-state index contributed by atoms with van der Waals surface area (Å²) < 4.78 is 4.20. The van der Waals surface area contributed by atoms with E-state index in [2.05, 4.69) is 4.62 Å². The summed E-state index contributed by atoms with van der Waals surface area (Å²) in [5.41, 5.74) is 2.17. The van der Waals surface area contributed by atoms with Gasteiger partial charge in [-0.3, -0.25) is 4.62 Å². The van der Waals surface area contributed by atoms with E-state index in [1.807, 2.05) is 19.9 Å².